The van der Waals surface area contributed by atoms with E-state index in [1.54, 1.807) is 11.3 Å². The number of hydrogen-bond donors (Lipinski definition) is 1. The zero-order valence-electron chi connectivity index (χ0n) is 15.5. The third-order valence-corrected chi connectivity index (χ3v) is 4.88. The van der Waals surface area contributed by atoms with Crippen LogP contribution in [-0.4, -0.2) is 21.8 Å². The van der Waals surface area contributed by atoms with Crippen LogP contribution >= 0.6 is 11.3 Å². The summed E-state index contributed by atoms with van der Waals surface area (Å²) in [6, 6.07) is 21.4. The standard InChI is InChI=1S/C22H18N4O2S/c27-19(11-12-20-23-22(26-28-20)18-13-14-29-15-18)24-25-21(16-7-3-1-4-8-16)17-9-5-2-6-10-17/h1-10,13-15H,11-12H2,(H,24,27). The number of carbonyl (C=O) groups excluding carboxylic acids is 1. The molecule has 1 N–H and O–H groups in total. The summed E-state index contributed by atoms with van der Waals surface area (Å²) in [4.78, 5) is 16.6. The number of nitrogens with zero attached hydrogens (tertiary/aromatic N) is 3. The molecule has 0 radical (unpaired) electrons. The molecule has 2 aromatic heterocycles. The van der Waals surface area contributed by atoms with Crippen LogP contribution in [0.5, 0.6) is 0 Å². The van der Waals surface area contributed by atoms with Crippen molar-refractivity contribution < 1.29 is 9.32 Å². The van der Waals surface area contributed by atoms with Gasteiger partial charge >= 0.3 is 0 Å². The summed E-state index contributed by atoms with van der Waals surface area (Å²) in [7, 11) is 0. The lowest BCUT2D eigenvalue weighted by Crippen LogP contribution is -2.21. The maximum Gasteiger partial charge on any atom is 0.240 e. The second kappa shape index (κ2) is 9.07. The van der Waals surface area contributed by atoms with E-state index in [9.17, 15) is 4.79 Å². The first-order valence-electron chi connectivity index (χ1n) is 9.12. The Balaban J connectivity index is 1.42. The molecule has 0 atom stereocenters. The van der Waals surface area contributed by atoms with Crippen LogP contribution < -0.4 is 5.43 Å². The van der Waals surface area contributed by atoms with Crippen LogP contribution in [0.3, 0.4) is 0 Å². The van der Waals surface area contributed by atoms with Gasteiger partial charge in [0.05, 0.1) is 5.71 Å². The number of hydrogen-bond acceptors (Lipinski definition) is 6. The average molecular weight is 402 g/mol. The molecule has 0 bridgehead atoms. The fourth-order valence-corrected chi connectivity index (χ4v) is 3.38. The molecule has 0 spiro atoms. The fourth-order valence-electron chi connectivity index (χ4n) is 2.75. The summed E-state index contributed by atoms with van der Waals surface area (Å²) in [5.41, 5.74) is 6.12. The minimum atomic E-state index is -0.218. The van der Waals surface area contributed by atoms with Crippen LogP contribution in [0.1, 0.15) is 23.4 Å². The molecule has 0 unspecified atom stereocenters. The first kappa shape index (κ1) is 18.8. The van der Waals surface area contributed by atoms with Crippen LogP contribution in [0, 0.1) is 0 Å². The van der Waals surface area contributed by atoms with Crippen molar-refractivity contribution in [3.8, 4) is 11.4 Å². The number of nitrogens with one attached hydrogen (secondary N) is 1. The second-order valence-corrected chi connectivity index (χ2v) is 7.03. The molecule has 7 heteroatoms. The van der Waals surface area contributed by atoms with Crippen molar-refractivity contribution in [3.63, 3.8) is 0 Å². The van der Waals surface area contributed by atoms with E-state index in [1.807, 2.05) is 77.5 Å². The molecule has 1 amide bonds. The molecule has 0 fully saturated rings. The predicted molar refractivity (Wildman–Crippen MR) is 113 cm³/mol. The number of aromatic nitrogens is 2. The third-order valence-electron chi connectivity index (χ3n) is 4.20. The predicted octanol–water partition coefficient (Wildman–Crippen LogP) is 4.30. The smallest absolute Gasteiger partial charge is 0.240 e. The van der Waals surface area contributed by atoms with Crippen molar-refractivity contribution >= 4 is 23.0 Å². The molecular weight excluding hydrogens is 384 g/mol. The molecule has 0 saturated carbocycles. The molecule has 4 rings (SSSR count). The Kier molecular flexibility index (Phi) is 5.87. The number of thiophene rings is 1. The monoisotopic (exact) mass is 402 g/mol. The molecule has 0 aliphatic carbocycles. The van der Waals surface area contributed by atoms with Gasteiger partial charge in [-0.25, -0.2) is 5.43 Å². The molecule has 0 aliphatic rings. The van der Waals surface area contributed by atoms with Crippen molar-refractivity contribution in [2.45, 2.75) is 12.8 Å². The van der Waals surface area contributed by atoms with Crippen molar-refractivity contribution in [1.29, 1.82) is 0 Å². The SMILES string of the molecule is O=C(CCc1nc(-c2ccsc2)no1)NN=C(c1ccccc1)c1ccccc1. The van der Waals surface area contributed by atoms with E-state index in [4.69, 9.17) is 4.52 Å². The van der Waals surface area contributed by atoms with Gasteiger partial charge in [-0.3, -0.25) is 4.79 Å². The Morgan fingerprint density at radius 2 is 1.69 bits per heavy atom. The summed E-state index contributed by atoms with van der Waals surface area (Å²) in [6.45, 7) is 0. The van der Waals surface area contributed by atoms with Gasteiger partial charge in [0.1, 0.15) is 0 Å². The van der Waals surface area contributed by atoms with Crippen molar-refractivity contribution in [2.24, 2.45) is 5.10 Å². The average Bonchev–Trinajstić information content (AvgIpc) is 3.46. The highest BCUT2D eigenvalue weighted by atomic mass is 32.1. The molecule has 2 aromatic carbocycles. The van der Waals surface area contributed by atoms with Crippen LogP contribution in [0.4, 0.5) is 0 Å². The minimum Gasteiger partial charge on any atom is -0.339 e. The first-order chi connectivity index (χ1) is 14.3. The third kappa shape index (κ3) is 4.83. The summed E-state index contributed by atoms with van der Waals surface area (Å²) >= 11 is 1.57. The number of carbonyl (C=O) groups is 1. The maximum atomic E-state index is 12.3. The number of benzene rings is 2. The summed E-state index contributed by atoms with van der Waals surface area (Å²) in [6.07, 6.45) is 0.552. The Morgan fingerprint density at radius 1 is 1.00 bits per heavy atom. The Hall–Kier alpha value is -3.58. The summed E-state index contributed by atoms with van der Waals surface area (Å²) in [5.74, 6) is 0.747. The summed E-state index contributed by atoms with van der Waals surface area (Å²) < 4.78 is 5.23. The zero-order chi connectivity index (χ0) is 19.9. The van der Waals surface area contributed by atoms with Crippen LogP contribution in [-0.2, 0) is 11.2 Å². The highest BCUT2D eigenvalue weighted by Crippen LogP contribution is 2.19. The van der Waals surface area contributed by atoms with Gasteiger partial charge in [-0.15, -0.1) is 0 Å². The highest BCUT2D eigenvalue weighted by Gasteiger charge is 2.12. The minimum absolute atomic E-state index is 0.200. The van der Waals surface area contributed by atoms with E-state index >= 15 is 0 Å². The number of hydrazone groups is 1. The number of rotatable bonds is 7. The molecule has 144 valence electrons. The lowest BCUT2D eigenvalue weighted by molar-refractivity contribution is -0.121. The van der Waals surface area contributed by atoms with Gasteiger partial charge < -0.3 is 4.52 Å². The molecule has 6 nitrogen and oxygen atoms in total. The van der Waals surface area contributed by atoms with Crippen LogP contribution in [0.25, 0.3) is 11.4 Å². The second-order valence-electron chi connectivity index (χ2n) is 6.25. The normalized spacial score (nSPS) is 10.5. The quantitative estimate of drug-likeness (QED) is 0.369. The lowest BCUT2D eigenvalue weighted by atomic mass is 10.0. The zero-order valence-corrected chi connectivity index (χ0v) is 16.3. The molecule has 0 saturated heterocycles. The molecule has 29 heavy (non-hydrogen) atoms. The Labute approximate surface area is 171 Å². The highest BCUT2D eigenvalue weighted by molar-refractivity contribution is 7.08. The molecule has 2 heterocycles. The number of aryl methyl sites for hydroxylation is 1. The summed E-state index contributed by atoms with van der Waals surface area (Å²) in [5, 5.41) is 12.2. The van der Waals surface area contributed by atoms with E-state index in [0.717, 1.165) is 16.7 Å². The van der Waals surface area contributed by atoms with Crippen LogP contribution in [0.15, 0.2) is 87.1 Å². The maximum absolute atomic E-state index is 12.3. The number of amides is 1. The largest absolute Gasteiger partial charge is 0.339 e. The van der Waals surface area contributed by atoms with Gasteiger partial charge in [-0.1, -0.05) is 65.8 Å². The topological polar surface area (TPSA) is 80.4 Å². The van der Waals surface area contributed by atoms with E-state index in [1.165, 1.54) is 0 Å². The molecular formula is C22H18N4O2S. The van der Waals surface area contributed by atoms with Crippen LogP contribution in [0.2, 0.25) is 0 Å². The fraction of sp³-hybridized carbons (Fsp3) is 0.0909. The van der Waals surface area contributed by atoms with Gasteiger partial charge in [0.2, 0.25) is 17.6 Å². The molecule has 4 aromatic rings. The molecule has 0 aliphatic heterocycles. The van der Waals surface area contributed by atoms with Crippen molar-refractivity contribution in [3.05, 3.63) is 94.5 Å². The Bertz CT molecular complexity index is 1050. The first-order valence-corrected chi connectivity index (χ1v) is 10.1. The van der Waals surface area contributed by atoms with E-state index in [-0.39, 0.29) is 12.3 Å². The van der Waals surface area contributed by atoms with Crippen molar-refractivity contribution in [1.82, 2.24) is 15.6 Å². The van der Waals surface area contributed by atoms with Gasteiger partial charge in [-0.2, -0.15) is 21.4 Å². The van der Waals surface area contributed by atoms with E-state index in [2.05, 4.69) is 20.7 Å². The van der Waals surface area contributed by atoms with Gasteiger partial charge in [-0.05, 0) is 11.4 Å². The van der Waals surface area contributed by atoms with Gasteiger partial charge in [0.25, 0.3) is 0 Å². The van der Waals surface area contributed by atoms with E-state index < -0.39 is 0 Å². The van der Waals surface area contributed by atoms with Gasteiger partial charge in [0, 0.05) is 34.9 Å². The van der Waals surface area contributed by atoms with Crippen molar-refractivity contribution in [2.75, 3.05) is 0 Å². The van der Waals surface area contributed by atoms with E-state index in [0.29, 0.717) is 23.8 Å². The lowest BCUT2D eigenvalue weighted by Gasteiger charge is -2.07. The Morgan fingerprint density at radius 3 is 2.31 bits per heavy atom. The van der Waals surface area contributed by atoms with Gasteiger partial charge in [0.15, 0.2) is 0 Å².